The van der Waals surface area contributed by atoms with Crippen molar-refractivity contribution in [2.24, 2.45) is 5.92 Å². The van der Waals surface area contributed by atoms with Gasteiger partial charge in [0.15, 0.2) is 0 Å². The van der Waals surface area contributed by atoms with E-state index in [1.807, 2.05) is 34.0 Å². The zero-order valence-electron chi connectivity index (χ0n) is 17.4. The quantitative estimate of drug-likeness (QED) is 0.624. The number of ether oxygens (including phenoxy) is 1. The number of nitriles is 1. The van der Waals surface area contributed by atoms with Crippen molar-refractivity contribution < 1.29 is 4.74 Å². The molecule has 0 bridgehead atoms. The van der Waals surface area contributed by atoms with Crippen molar-refractivity contribution in [2.45, 2.75) is 24.9 Å². The lowest BCUT2D eigenvalue weighted by molar-refractivity contribution is -0.131. The largest absolute Gasteiger partial charge is 0.377 e. The van der Waals surface area contributed by atoms with Crippen molar-refractivity contribution in [2.75, 3.05) is 44.3 Å². The van der Waals surface area contributed by atoms with Gasteiger partial charge < -0.3 is 9.64 Å². The molecule has 4 heterocycles. The molecule has 2 atom stereocenters. The predicted octanol–water partition coefficient (Wildman–Crippen LogP) is 2.87. The average Bonchev–Trinajstić information content (AvgIpc) is 3.19. The number of rotatable bonds is 4. The van der Waals surface area contributed by atoms with Gasteiger partial charge in [0, 0.05) is 31.6 Å². The molecule has 0 radical (unpaired) electrons. The number of anilines is 1. The minimum atomic E-state index is 0.0694. The van der Waals surface area contributed by atoms with Crippen LogP contribution in [-0.4, -0.2) is 69.4 Å². The first kappa shape index (κ1) is 19.1. The van der Waals surface area contributed by atoms with Gasteiger partial charge >= 0.3 is 0 Å². The Morgan fingerprint density at radius 3 is 2.65 bits per heavy atom. The second-order valence-electron chi connectivity index (χ2n) is 9.10. The van der Waals surface area contributed by atoms with Gasteiger partial charge in [0.25, 0.3) is 0 Å². The lowest BCUT2D eigenvalue weighted by atomic mass is 9.97. The molecule has 2 aliphatic heterocycles. The highest BCUT2D eigenvalue weighted by Crippen LogP contribution is 2.42. The van der Waals surface area contributed by atoms with Gasteiger partial charge in [-0.3, -0.25) is 9.58 Å². The fraction of sp³-hybridized carbons (Fsp3) is 0.500. The Balaban J connectivity index is 1.27. The molecule has 9 heteroatoms. The number of nitrogens with zero attached hydrogens (tertiary/aromatic N) is 7. The second-order valence-corrected chi connectivity index (χ2v) is 9.51. The molecule has 1 aromatic carbocycles. The highest BCUT2D eigenvalue weighted by Gasteiger charge is 2.41. The molecule has 1 saturated carbocycles. The summed E-state index contributed by atoms with van der Waals surface area (Å²) in [6.45, 7) is 7.80. The van der Waals surface area contributed by atoms with Crippen molar-refractivity contribution in [3.05, 3.63) is 35.7 Å². The molecule has 31 heavy (non-hydrogen) atoms. The highest BCUT2D eigenvalue weighted by molar-refractivity contribution is 6.34. The molecule has 3 aliphatic rings. The Morgan fingerprint density at radius 2 is 1.97 bits per heavy atom. The second kappa shape index (κ2) is 6.95. The van der Waals surface area contributed by atoms with E-state index in [1.165, 1.54) is 0 Å². The van der Waals surface area contributed by atoms with E-state index < -0.39 is 0 Å². The Labute approximate surface area is 185 Å². The first-order valence-corrected chi connectivity index (χ1v) is 11.1. The van der Waals surface area contributed by atoms with Crippen LogP contribution in [0.3, 0.4) is 0 Å². The molecular formula is C22H24ClN7O. The van der Waals surface area contributed by atoms with Crippen LogP contribution in [0.15, 0.2) is 30.7 Å². The van der Waals surface area contributed by atoms with Crippen LogP contribution < -0.4 is 4.90 Å². The fourth-order valence-corrected chi connectivity index (χ4v) is 5.07. The van der Waals surface area contributed by atoms with Gasteiger partial charge in [0.05, 0.1) is 71.6 Å². The van der Waals surface area contributed by atoms with Crippen LogP contribution >= 0.6 is 11.6 Å². The van der Waals surface area contributed by atoms with Gasteiger partial charge in [0.1, 0.15) is 5.69 Å². The minimum absolute atomic E-state index is 0.0694. The summed E-state index contributed by atoms with van der Waals surface area (Å²) in [7, 11) is 0. The van der Waals surface area contributed by atoms with Crippen molar-refractivity contribution in [1.29, 1.82) is 5.26 Å². The molecule has 8 nitrogen and oxygen atoms in total. The van der Waals surface area contributed by atoms with Gasteiger partial charge in [-0.1, -0.05) is 11.6 Å². The lowest BCUT2D eigenvalue weighted by Crippen LogP contribution is -2.64. The normalized spacial score (nSPS) is 25.4. The maximum Gasteiger partial charge on any atom is 0.103 e. The topological polar surface area (TPSA) is 75.1 Å². The Bertz CT molecular complexity index is 1180. The molecule has 0 N–H and O–H groups in total. The monoisotopic (exact) mass is 437 g/mol. The molecule has 2 saturated heterocycles. The van der Waals surface area contributed by atoms with Crippen LogP contribution in [0, 0.1) is 17.2 Å². The van der Waals surface area contributed by atoms with Crippen LogP contribution in [0.2, 0.25) is 5.02 Å². The summed E-state index contributed by atoms with van der Waals surface area (Å²) in [4.78, 5) is 4.90. The number of fused-ring (bicyclic) bond motifs is 1. The van der Waals surface area contributed by atoms with E-state index in [0.29, 0.717) is 0 Å². The average molecular weight is 438 g/mol. The first-order chi connectivity index (χ1) is 15.1. The molecule has 0 amide bonds. The molecule has 3 fully saturated rings. The highest BCUT2D eigenvalue weighted by atomic mass is 35.5. The van der Waals surface area contributed by atoms with Crippen molar-refractivity contribution in [3.63, 3.8) is 0 Å². The van der Waals surface area contributed by atoms with E-state index >= 15 is 0 Å². The summed E-state index contributed by atoms with van der Waals surface area (Å²) in [5.41, 5.74) is 3.14. The Hall–Kier alpha value is -2.60. The van der Waals surface area contributed by atoms with Crippen LogP contribution in [0.1, 0.15) is 19.4 Å². The van der Waals surface area contributed by atoms with Gasteiger partial charge in [-0.15, -0.1) is 0 Å². The summed E-state index contributed by atoms with van der Waals surface area (Å²) in [6, 6.07) is 6.64. The summed E-state index contributed by atoms with van der Waals surface area (Å²) in [5, 5.41) is 19.9. The zero-order valence-corrected chi connectivity index (χ0v) is 18.2. The smallest absolute Gasteiger partial charge is 0.103 e. The maximum atomic E-state index is 9.09. The van der Waals surface area contributed by atoms with E-state index in [1.54, 1.807) is 0 Å². The number of aromatic nitrogens is 4. The summed E-state index contributed by atoms with van der Waals surface area (Å²) in [5.74, 6) is 0.0694. The van der Waals surface area contributed by atoms with Crippen LogP contribution in [0.25, 0.3) is 16.6 Å². The van der Waals surface area contributed by atoms with E-state index in [4.69, 9.17) is 21.6 Å². The molecule has 6 rings (SSSR count). The fourth-order valence-electron chi connectivity index (χ4n) is 4.78. The van der Waals surface area contributed by atoms with E-state index in [-0.39, 0.29) is 17.5 Å². The van der Waals surface area contributed by atoms with E-state index in [0.717, 1.165) is 73.1 Å². The first-order valence-electron chi connectivity index (χ1n) is 10.7. The SMILES string of the molecule is CC1(N2CCN(c3cc4c(cnn4-c4cnn([C@@H]5C[C@H]5C#N)c4)cc3Cl)CC2)COC1. The maximum absolute atomic E-state index is 9.09. The Morgan fingerprint density at radius 1 is 1.16 bits per heavy atom. The molecule has 1 aliphatic carbocycles. The van der Waals surface area contributed by atoms with Crippen LogP contribution in [0.4, 0.5) is 5.69 Å². The number of benzene rings is 1. The summed E-state index contributed by atoms with van der Waals surface area (Å²) < 4.78 is 9.23. The third kappa shape index (κ3) is 3.11. The standard InChI is InChI=1S/C22H24ClN7O/c1-22(13-31-14-22)28-4-2-27(3-5-28)21-8-20-16(6-18(21)23)10-26-30(20)17-11-25-29(12-17)19-7-15(19)9-24/h6,8,10-12,15,19H,2-5,7,13-14H2,1H3/t15-,19+/m0/s1. The van der Waals surface area contributed by atoms with Gasteiger partial charge in [-0.25, -0.2) is 4.68 Å². The predicted molar refractivity (Wildman–Crippen MR) is 118 cm³/mol. The Kier molecular flexibility index (Phi) is 4.29. The molecular weight excluding hydrogens is 414 g/mol. The van der Waals surface area contributed by atoms with Crippen molar-refractivity contribution >= 4 is 28.2 Å². The number of halogens is 1. The molecule has 160 valence electrons. The van der Waals surface area contributed by atoms with Crippen molar-refractivity contribution in [3.8, 4) is 11.8 Å². The number of hydrogen-bond donors (Lipinski definition) is 0. The van der Waals surface area contributed by atoms with Crippen LogP contribution in [0.5, 0.6) is 0 Å². The minimum Gasteiger partial charge on any atom is -0.377 e. The summed E-state index contributed by atoms with van der Waals surface area (Å²) in [6.07, 6.45) is 6.50. The summed E-state index contributed by atoms with van der Waals surface area (Å²) >= 11 is 6.68. The zero-order chi connectivity index (χ0) is 21.2. The van der Waals surface area contributed by atoms with E-state index in [2.05, 4.69) is 39.1 Å². The van der Waals surface area contributed by atoms with Gasteiger partial charge in [0.2, 0.25) is 0 Å². The van der Waals surface area contributed by atoms with Gasteiger partial charge in [-0.05, 0) is 25.5 Å². The molecule has 2 aromatic heterocycles. The molecule has 0 unspecified atom stereocenters. The number of hydrogen-bond acceptors (Lipinski definition) is 6. The van der Waals surface area contributed by atoms with Gasteiger partial charge in [-0.2, -0.15) is 15.5 Å². The third-order valence-corrected chi connectivity index (χ3v) is 7.24. The third-order valence-electron chi connectivity index (χ3n) is 6.94. The van der Waals surface area contributed by atoms with Crippen LogP contribution in [-0.2, 0) is 4.74 Å². The molecule has 3 aromatic rings. The van der Waals surface area contributed by atoms with E-state index in [9.17, 15) is 0 Å². The molecule has 0 spiro atoms. The number of piperazine rings is 1. The van der Waals surface area contributed by atoms with Crippen molar-refractivity contribution in [1.82, 2.24) is 24.5 Å². The lowest BCUT2D eigenvalue weighted by Gasteiger charge is -2.50.